The third-order valence-electron chi connectivity index (χ3n) is 3.53. The van der Waals surface area contributed by atoms with Gasteiger partial charge in [0.25, 0.3) is 0 Å². The summed E-state index contributed by atoms with van der Waals surface area (Å²) in [6.07, 6.45) is 4.18. The third-order valence-corrected chi connectivity index (χ3v) is 3.53. The highest BCUT2D eigenvalue weighted by Crippen LogP contribution is 2.33. The number of benzene rings is 1. The molecule has 1 saturated carbocycles. The Bertz CT molecular complexity index is 328. The van der Waals surface area contributed by atoms with Crippen LogP contribution in [0.1, 0.15) is 44.1 Å². The number of hydrogen-bond donors (Lipinski definition) is 0. The number of rotatable bonds is 2. The maximum atomic E-state index is 11.8. The maximum Gasteiger partial charge on any atom is 0.136 e. The number of ketones is 1. The second-order valence-electron chi connectivity index (χ2n) is 4.52. The monoisotopic (exact) mass is 202 g/mol. The van der Waals surface area contributed by atoms with E-state index in [4.69, 9.17) is 0 Å². The molecule has 0 amide bonds. The van der Waals surface area contributed by atoms with Crippen molar-refractivity contribution in [1.82, 2.24) is 0 Å². The SMILES string of the molecule is C[C@@H](c1ccccc1)[C@@H]1CCCCC1=O. The minimum Gasteiger partial charge on any atom is -0.299 e. The normalized spacial score (nSPS) is 23.8. The molecule has 1 aromatic rings. The van der Waals surface area contributed by atoms with E-state index in [1.54, 1.807) is 0 Å². The highest BCUT2D eigenvalue weighted by Gasteiger charge is 2.27. The van der Waals surface area contributed by atoms with Crippen LogP contribution in [0.5, 0.6) is 0 Å². The summed E-state index contributed by atoms with van der Waals surface area (Å²) in [5.41, 5.74) is 1.30. The van der Waals surface area contributed by atoms with E-state index in [-0.39, 0.29) is 5.92 Å². The molecule has 0 N–H and O–H groups in total. The van der Waals surface area contributed by atoms with E-state index in [9.17, 15) is 4.79 Å². The lowest BCUT2D eigenvalue weighted by Gasteiger charge is -2.26. The number of carbonyl (C=O) groups is 1. The fourth-order valence-electron chi connectivity index (χ4n) is 2.53. The highest BCUT2D eigenvalue weighted by molar-refractivity contribution is 5.82. The van der Waals surface area contributed by atoms with Crippen LogP contribution in [0.2, 0.25) is 0 Å². The average Bonchev–Trinajstić information content (AvgIpc) is 2.30. The van der Waals surface area contributed by atoms with E-state index < -0.39 is 0 Å². The molecule has 1 fully saturated rings. The quantitative estimate of drug-likeness (QED) is 0.716. The van der Waals surface area contributed by atoms with Gasteiger partial charge in [-0.3, -0.25) is 4.79 Å². The summed E-state index contributed by atoms with van der Waals surface area (Å²) in [6.45, 7) is 2.18. The molecule has 0 aliphatic heterocycles. The van der Waals surface area contributed by atoms with Crippen LogP contribution in [-0.4, -0.2) is 5.78 Å². The zero-order chi connectivity index (χ0) is 10.7. The molecule has 80 valence electrons. The van der Waals surface area contributed by atoms with Crippen molar-refractivity contribution in [2.75, 3.05) is 0 Å². The fourth-order valence-corrected chi connectivity index (χ4v) is 2.53. The van der Waals surface area contributed by atoms with Gasteiger partial charge in [-0.2, -0.15) is 0 Å². The van der Waals surface area contributed by atoms with Gasteiger partial charge in [0.2, 0.25) is 0 Å². The molecule has 1 nitrogen and oxygen atoms in total. The van der Waals surface area contributed by atoms with Gasteiger partial charge in [0.1, 0.15) is 5.78 Å². The molecule has 2 rings (SSSR count). The minimum absolute atomic E-state index is 0.265. The van der Waals surface area contributed by atoms with Crippen molar-refractivity contribution in [3.05, 3.63) is 35.9 Å². The topological polar surface area (TPSA) is 17.1 Å². The summed E-state index contributed by atoms with van der Waals surface area (Å²) in [6, 6.07) is 10.4. The van der Waals surface area contributed by atoms with E-state index in [0.717, 1.165) is 19.3 Å². The molecule has 0 aromatic heterocycles. The van der Waals surface area contributed by atoms with Crippen LogP contribution >= 0.6 is 0 Å². The van der Waals surface area contributed by atoms with Gasteiger partial charge < -0.3 is 0 Å². The Hall–Kier alpha value is -1.11. The Morgan fingerprint density at radius 3 is 2.60 bits per heavy atom. The van der Waals surface area contributed by atoms with E-state index in [0.29, 0.717) is 11.7 Å². The minimum atomic E-state index is 0.265. The Morgan fingerprint density at radius 1 is 1.20 bits per heavy atom. The molecule has 0 heterocycles. The first-order chi connectivity index (χ1) is 7.29. The summed E-state index contributed by atoms with van der Waals surface area (Å²) in [5, 5.41) is 0. The lowest BCUT2D eigenvalue weighted by atomic mass is 9.77. The van der Waals surface area contributed by atoms with Crippen molar-refractivity contribution >= 4 is 5.78 Å². The lowest BCUT2D eigenvalue weighted by molar-refractivity contribution is -0.125. The van der Waals surface area contributed by atoms with Crippen molar-refractivity contribution in [3.8, 4) is 0 Å². The summed E-state index contributed by atoms with van der Waals surface area (Å²) < 4.78 is 0. The summed E-state index contributed by atoms with van der Waals surface area (Å²) >= 11 is 0. The zero-order valence-electron chi connectivity index (χ0n) is 9.28. The van der Waals surface area contributed by atoms with Gasteiger partial charge in [-0.1, -0.05) is 43.7 Å². The van der Waals surface area contributed by atoms with Crippen LogP contribution in [0.3, 0.4) is 0 Å². The van der Waals surface area contributed by atoms with Crippen molar-refractivity contribution < 1.29 is 4.79 Å². The van der Waals surface area contributed by atoms with E-state index >= 15 is 0 Å². The van der Waals surface area contributed by atoms with E-state index in [2.05, 4.69) is 31.2 Å². The molecule has 1 heteroatoms. The maximum absolute atomic E-state index is 11.8. The van der Waals surface area contributed by atoms with Gasteiger partial charge in [-0.15, -0.1) is 0 Å². The van der Waals surface area contributed by atoms with Crippen molar-refractivity contribution in [2.24, 2.45) is 5.92 Å². The van der Waals surface area contributed by atoms with Gasteiger partial charge in [-0.25, -0.2) is 0 Å². The Labute approximate surface area is 91.5 Å². The van der Waals surface area contributed by atoms with Crippen LogP contribution in [0.4, 0.5) is 0 Å². The van der Waals surface area contributed by atoms with E-state index in [1.807, 2.05) is 6.07 Å². The third kappa shape index (κ3) is 2.28. The number of carbonyl (C=O) groups excluding carboxylic acids is 1. The van der Waals surface area contributed by atoms with Crippen molar-refractivity contribution in [3.63, 3.8) is 0 Å². The first-order valence-corrected chi connectivity index (χ1v) is 5.86. The van der Waals surface area contributed by atoms with Crippen LogP contribution in [-0.2, 0) is 4.79 Å². The highest BCUT2D eigenvalue weighted by atomic mass is 16.1. The fraction of sp³-hybridized carbons (Fsp3) is 0.500. The average molecular weight is 202 g/mol. The van der Waals surface area contributed by atoms with Crippen LogP contribution < -0.4 is 0 Å². The van der Waals surface area contributed by atoms with Crippen molar-refractivity contribution in [2.45, 2.75) is 38.5 Å². The molecular formula is C14H18O. The molecule has 0 spiro atoms. The number of hydrogen-bond acceptors (Lipinski definition) is 1. The molecule has 1 aromatic carbocycles. The van der Waals surface area contributed by atoms with Gasteiger partial charge in [0, 0.05) is 12.3 Å². The molecule has 0 radical (unpaired) electrons. The summed E-state index contributed by atoms with van der Waals surface area (Å²) in [5.74, 6) is 1.12. The zero-order valence-corrected chi connectivity index (χ0v) is 9.28. The molecule has 0 unspecified atom stereocenters. The summed E-state index contributed by atoms with van der Waals surface area (Å²) in [7, 11) is 0. The Kier molecular flexibility index (Phi) is 3.20. The Balaban J connectivity index is 2.13. The lowest BCUT2D eigenvalue weighted by Crippen LogP contribution is -2.24. The molecular weight excluding hydrogens is 184 g/mol. The Morgan fingerprint density at radius 2 is 1.93 bits per heavy atom. The predicted octanol–water partition coefficient (Wildman–Crippen LogP) is 3.55. The van der Waals surface area contributed by atoms with Crippen LogP contribution in [0.15, 0.2) is 30.3 Å². The largest absolute Gasteiger partial charge is 0.299 e. The predicted molar refractivity (Wildman–Crippen MR) is 61.8 cm³/mol. The first-order valence-electron chi connectivity index (χ1n) is 5.86. The molecule has 0 bridgehead atoms. The molecule has 1 aliphatic carbocycles. The molecule has 0 saturated heterocycles. The van der Waals surface area contributed by atoms with Gasteiger partial charge >= 0.3 is 0 Å². The molecule has 2 atom stereocenters. The molecule has 1 aliphatic rings. The standard InChI is InChI=1S/C14H18O/c1-11(12-7-3-2-4-8-12)13-9-5-6-10-14(13)15/h2-4,7-8,11,13H,5-6,9-10H2,1H3/t11-,13-/m0/s1. The van der Waals surface area contributed by atoms with E-state index in [1.165, 1.54) is 12.0 Å². The van der Waals surface area contributed by atoms with Gasteiger partial charge in [0.05, 0.1) is 0 Å². The number of Topliss-reactive ketones (excluding diaryl/α,β-unsaturated/α-hetero) is 1. The molecule has 15 heavy (non-hydrogen) atoms. The van der Waals surface area contributed by atoms with Crippen LogP contribution in [0.25, 0.3) is 0 Å². The summed E-state index contributed by atoms with van der Waals surface area (Å²) in [4.78, 5) is 11.8. The van der Waals surface area contributed by atoms with Gasteiger partial charge in [-0.05, 0) is 24.3 Å². The van der Waals surface area contributed by atoms with Crippen molar-refractivity contribution in [1.29, 1.82) is 0 Å². The first kappa shape index (κ1) is 10.4. The van der Waals surface area contributed by atoms with Gasteiger partial charge in [0.15, 0.2) is 0 Å². The smallest absolute Gasteiger partial charge is 0.136 e. The second kappa shape index (κ2) is 4.61. The second-order valence-corrected chi connectivity index (χ2v) is 4.52. The van der Waals surface area contributed by atoms with Crippen LogP contribution in [0, 0.1) is 5.92 Å².